The first-order valence-electron chi connectivity index (χ1n) is 11.5. The molecule has 0 aromatic heterocycles. The third-order valence-corrected chi connectivity index (χ3v) is 3.22. The van der Waals surface area contributed by atoms with Gasteiger partial charge in [0.05, 0.1) is 106 Å². The van der Waals surface area contributed by atoms with Crippen molar-refractivity contribution in [2.24, 2.45) is 0 Å². The number of methoxy groups -OCH3 is 4. The Labute approximate surface area is 296 Å². The van der Waals surface area contributed by atoms with Gasteiger partial charge in [0.1, 0.15) is 0 Å². The van der Waals surface area contributed by atoms with Gasteiger partial charge in [-0.15, -0.1) is 20.5 Å². The second kappa shape index (κ2) is 47.3. The van der Waals surface area contributed by atoms with Gasteiger partial charge >= 0.3 is 59.1 Å². The molecule has 0 aromatic rings. The predicted octanol–water partition coefficient (Wildman–Crippen LogP) is -14.8. The third-order valence-electron chi connectivity index (χ3n) is 3.22. The molecule has 248 valence electrons. The van der Waals surface area contributed by atoms with Crippen molar-refractivity contribution in [1.29, 1.82) is 0 Å². The van der Waals surface area contributed by atoms with Gasteiger partial charge in [0, 0.05) is 28.4 Å². The molecule has 0 aliphatic heterocycles. The standard InChI is InChI=1S/2C10H22O5.2ClHO4.2Na/c2*1-11-3-5-13-7-9-15-10-8-14-6-4-12-2;2*2-1(3,4)5;;/h2*3-10H2,1-2H3;2*(H,2,3,4,5);;/q;;;;2*+1/p-2. The molecule has 0 fully saturated rings. The zero-order valence-electron chi connectivity index (χ0n) is 25.4. The van der Waals surface area contributed by atoms with Crippen LogP contribution in [0.1, 0.15) is 0 Å². The van der Waals surface area contributed by atoms with Gasteiger partial charge in [0.25, 0.3) is 0 Å². The van der Waals surface area contributed by atoms with Gasteiger partial charge < -0.3 is 47.4 Å². The largest absolute Gasteiger partial charge is 1.00 e. The second-order valence-electron chi connectivity index (χ2n) is 6.40. The molecule has 0 aromatic carbocycles. The van der Waals surface area contributed by atoms with Crippen LogP contribution in [0.3, 0.4) is 0 Å². The topological polar surface area (TPSA) is 277 Å². The summed E-state index contributed by atoms with van der Waals surface area (Å²) in [5, 5.41) is 0. The van der Waals surface area contributed by atoms with Crippen molar-refractivity contribution in [2.75, 3.05) is 134 Å². The molecule has 0 N–H and O–H groups in total. The molecule has 18 nitrogen and oxygen atoms in total. The minimum Gasteiger partial charge on any atom is -0.382 e. The monoisotopic (exact) mass is 688 g/mol. The molecule has 0 saturated carbocycles. The summed E-state index contributed by atoms with van der Waals surface area (Å²) in [6.07, 6.45) is 0. The fourth-order valence-corrected chi connectivity index (χ4v) is 1.65. The summed E-state index contributed by atoms with van der Waals surface area (Å²) in [7, 11) is -3.29. The third kappa shape index (κ3) is 105. The molecule has 0 saturated heterocycles. The summed E-state index contributed by atoms with van der Waals surface area (Å²) in [5.41, 5.74) is 0. The molecule has 0 aliphatic rings. The number of halogens is 2. The van der Waals surface area contributed by atoms with E-state index >= 15 is 0 Å². The molecule has 0 radical (unpaired) electrons. The Hall–Kier alpha value is 1.86. The van der Waals surface area contributed by atoms with E-state index in [4.69, 9.17) is 84.6 Å². The van der Waals surface area contributed by atoms with Crippen LogP contribution in [-0.4, -0.2) is 134 Å². The van der Waals surface area contributed by atoms with E-state index in [0.717, 1.165) is 0 Å². The predicted molar refractivity (Wildman–Crippen MR) is 112 cm³/mol. The van der Waals surface area contributed by atoms with E-state index < -0.39 is 20.5 Å². The van der Waals surface area contributed by atoms with Crippen LogP contribution in [0.25, 0.3) is 0 Å². The molecule has 0 amide bonds. The van der Waals surface area contributed by atoms with E-state index in [9.17, 15) is 0 Å². The molecule has 0 spiro atoms. The maximum atomic E-state index is 8.49. The van der Waals surface area contributed by atoms with Crippen LogP contribution < -0.4 is 96.4 Å². The van der Waals surface area contributed by atoms with Crippen molar-refractivity contribution >= 4 is 0 Å². The minimum atomic E-state index is -4.94. The Morgan fingerprint density at radius 3 is 0.476 bits per heavy atom. The van der Waals surface area contributed by atoms with Crippen LogP contribution >= 0.6 is 0 Å². The number of hydrogen-bond donors (Lipinski definition) is 0. The molecule has 0 heterocycles. The molecular formula is C20H44Cl2Na2O18. The number of hydrogen-bond acceptors (Lipinski definition) is 18. The summed E-state index contributed by atoms with van der Waals surface area (Å²) in [4.78, 5) is 0. The SMILES string of the molecule is COCCOCCOCCOCCOC.COCCOCCOCCOCCOC.[Na+].[Na+].[O-][Cl+3]([O-])([O-])[O-].[O-][Cl+3]([O-])([O-])[O-]. The normalized spacial score (nSPS) is 10.6. The van der Waals surface area contributed by atoms with Crippen molar-refractivity contribution in [1.82, 2.24) is 0 Å². The zero-order chi connectivity index (χ0) is 31.4. The molecule has 22 heteroatoms. The number of ether oxygens (including phenoxy) is 10. The van der Waals surface area contributed by atoms with Crippen LogP contribution in [0.5, 0.6) is 0 Å². The second-order valence-corrected chi connectivity index (χ2v) is 7.91. The summed E-state index contributed by atoms with van der Waals surface area (Å²) in [5.74, 6) is 0. The van der Waals surface area contributed by atoms with Gasteiger partial charge in [-0.3, -0.25) is 0 Å². The Morgan fingerprint density at radius 1 is 0.286 bits per heavy atom. The zero-order valence-corrected chi connectivity index (χ0v) is 30.9. The van der Waals surface area contributed by atoms with E-state index in [-0.39, 0.29) is 59.1 Å². The average molecular weight is 689 g/mol. The number of rotatable bonds is 24. The van der Waals surface area contributed by atoms with Crippen LogP contribution in [0.4, 0.5) is 0 Å². The molecule has 0 bridgehead atoms. The van der Waals surface area contributed by atoms with Crippen LogP contribution in [0.2, 0.25) is 0 Å². The Balaban J connectivity index is -0.000000113. The van der Waals surface area contributed by atoms with E-state index in [1.165, 1.54) is 0 Å². The summed E-state index contributed by atoms with van der Waals surface area (Å²) in [6, 6.07) is 0. The van der Waals surface area contributed by atoms with E-state index in [2.05, 4.69) is 0 Å². The Bertz CT molecular complexity index is 367. The van der Waals surface area contributed by atoms with Gasteiger partial charge in [-0.1, -0.05) is 0 Å². The first-order chi connectivity index (χ1) is 18.8. The van der Waals surface area contributed by atoms with Gasteiger partial charge in [-0.2, -0.15) is 0 Å². The minimum absolute atomic E-state index is 0. The van der Waals surface area contributed by atoms with Crippen molar-refractivity contribution in [3.8, 4) is 0 Å². The van der Waals surface area contributed by atoms with Crippen LogP contribution in [0, 0.1) is 20.5 Å². The summed E-state index contributed by atoms with van der Waals surface area (Å²) < 4.78 is 119. The first kappa shape index (κ1) is 56.2. The van der Waals surface area contributed by atoms with Gasteiger partial charge in [0.15, 0.2) is 0 Å². The van der Waals surface area contributed by atoms with Gasteiger partial charge in [0.2, 0.25) is 0 Å². The molecule has 0 rings (SSSR count). The van der Waals surface area contributed by atoms with Crippen LogP contribution in [0.15, 0.2) is 0 Å². The quantitative estimate of drug-likeness (QED) is 0.0672. The van der Waals surface area contributed by atoms with Crippen molar-refractivity contribution < 1.29 is 164 Å². The van der Waals surface area contributed by atoms with Gasteiger partial charge in [-0.25, -0.2) is 37.3 Å². The molecule has 0 atom stereocenters. The fraction of sp³-hybridized carbons (Fsp3) is 1.00. The van der Waals surface area contributed by atoms with Crippen molar-refractivity contribution in [3.63, 3.8) is 0 Å². The maximum Gasteiger partial charge on any atom is 1.00 e. The molecule has 42 heavy (non-hydrogen) atoms. The Kier molecular flexibility index (Phi) is 63.3. The van der Waals surface area contributed by atoms with Crippen LogP contribution in [-0.2, 0) is 47.4 Å². The summed E-state index contributed by atoms with van der Waals surface area (Å²) in [6.45, 7) is 9.73. The fourth-order valence-electron chi connectivity index (χ4n) is 1.65. The van der Waals surface area contributed by atoms with E-state index in [1.807, 2.05) is 0 Å². The summed E-state index contributed by atoms with van der Waals surface area (Å²) >= 11 is 0. The van der Waals surface area contributed by atoms with Crippen molar-refractivity contribution in [2.45, 2.75) is 0 Å². The molecule has 0 aliphatic carbocycles. The van der Waals surface area contributed by atoms with Crippen molar-refractivity contribution in [3.05, 3.63) is 0 Å². The smallest absolute Gasteiger partial charge is 0.382 e. The molecular weight excluding hydrogens is 645 g/mol. The molecule has 0 unspecified atom stereocenters. The van der Waals surface area contributed by atoms with E-state index in [1.54, 1.807) is 28.4 Å². The average Bonchev–Trinajstić information content (AvgIpc) is 2.84. The van der Waals surface area contributed by atoms with E-state index in [0.29, 0.717) is 106 Å². The first-order valence-corrected chi connectivity index (χ1v) is 14.0. The maximum absolute atomic E-state index is 8.49. The van der Waals surface area contributed by atoms with Gasteiger partial charge in [-0.05, 0) is 0 Å². The Morgan fingerprint density at radius 2 is 0.381 bits per heavy atom.